The van der Waals surface area contributed by atoms with Gasteiger partial charge in [0.05, 0.1) is 0 Å². The van der Waals surface area contributed by atoms with Gasteiger partial charge < -0.3 is 15.7 Å². The van der Waals surface area contributed by atoms with Gasteiger partial charge in [0.2, 0.25) is 5.91 Å². The Morgan fingerprint density at radius 3 is 2.40 bits per heavy atom. The molecule has 0 aromatic heterocycles. The minimum absolute atomic E-state index is 0.0374. The standard InChI is InChI=1S/C10H20N2O3/c1-3-6-12-9(13)5-7-11-8(4-2)10(14)15/h8,11H,3-7H2,1-2H3,(H,12,13)(H,14,15). The highest BCUT2D eigenvalue weighted by atomic mass is 16.4. The fraction of sp³-hybridized carbons (Fsp3) is 0.800. The van der Waals surface area contributed by atoms with Crippen molar-refractivity contribution in [1.29, 1.82) is 0 Å². The molecule has 1 amide bonds. The van der Waals surface area contributed by atoms with Crippen LogP contribution in [0.2, 0.25) is 0 Å². The van der Waals surface area contributed by atoms with Crippen molar-refractivity contribution in [2.45, 2.75) is 39.2 Å². The predicted molar refractivity (Wildman–Crippen MR) is 57.6 cm³/mol. The molecule has 0 saturated carbocycles. The molecule has 5 nitrogen and oxygen atoms in total. The van der Waals surface area contributed by atoms with Crippen LogP contribution in [0.4, 0.5) is 0 Å². The number of rotatable bonds is 8. The van der Waals surface area contributed by atoms with Crippen LogP contribution >= 0.6 is 0 Å². The molecule has 0 rings (SSSR count). The summed E-state index contributed by atoms with van der Waals surface area (Å²) in [7, 11) is 0. The van der Waals surface area contributed by atoms with Gasteiger partial charge in [-0.1, -0.05) is 13.8 Å². The summed E-state index contributed by atoms with van der Waals surface area (Å²) in [4.78, 5) is 21.8. The van der Waals surface area contributed by atoms with E-state index in [1.54, 1.807) is 6.92 Å². The maximum absolute atomic E-state index is 11.1. The molecule has 15 heavy (non-hydrogen) atoms. The smallest absolute Gasteiger partial charge is 0.320 e. The molecule has 0 aliphatic rings. The van der Waals surface area contributed by atoms with Crippen LogP contribution in [0.3, 0.4) is 0 Å². The number of carbonyl (C=O) groups is 2. The van der Waals surface area contributed by atoms with Crippen molar-refractivity contribution in [2.24, 2.45) is 0 Å². The summed E-state index contributed by atoms with van der Waals surface area (Å²) in [5.74, 6) is -0.906. The van der Waals surface area contributed by atoms with Crippen LogP contribution in [-0.2, 0) is 9.59 Å². The minimum atomic E-state index is -0.869. The highest BCUT2D eigenvalue weighted by molar-refractivity contribution is 5.76. The van der Waals surface area contributed by atoms with Gasteiger partial charge in [-0.25, -0.2) is 0 Å². The molecule has 88 valence electrons. The van der Waals surface area contributed by atoms with Crippen LogP contribution in [0.15, 0.2) is 0 Å². The second-order valence-electron chi connectivity index (χ2n) is 3.35. The highest BCUT2D eigenvalue weighted by Crippen LogP contribution is 1.91. The van der Waals surface area contributed by atoms with Gasteiger partial charge in [0.25, 0.3) is 0 Å². The Labute approximate surface area is 90.2 Å². The molecule has 0 aliphatic carbocycles. The van der Waals surface area contributed by atoms with E-state index in [9.17, 15) is 9.59 Å². The number of hydrogen-bond acceptors (Lipinski definition) is 3. The zero-order valence-corrected chi connectivity index (χ0v) is 9.38. The van der Waals surface area contributed by atoms with Gasteiger partial charge in [0.1, 0.15) is 6.04 Å². The number of aliphatic carboxylic acids is 1. The van der Waals surface area contributed by atoms with Gasteiger partial charge in [-0.05, 0) is 12.8 Å². The number of hydrogen-bond donors (Lipinski definition) is 3. The van der Waals surface area contributed by atoms with Crippen LogP contribution < -0.4 is 10.6 Å². The first-order valence-electron chi connectivity index (χ1n) is 5.34. The van der Waals surface area contributed by atoms with E-state index in [0.717, 1.165) is 6.42 Å². The molecular formula is C10H20N2O3. The van der Waals surface area contributed by atoms with Gasteiger partial charge in [-0.3, -0.25) is 9.59 Å². The van der Waals surface area contributed by atoms with Crippen molar-refractivity contribution >= 4 is 11.9 Å². The molecule has 0 saturated heterocycles. The lowest BCUT2D eigenvalue weighted by atomic mass is 10.2. The largest absolute Gasteiger partial charge is 0.480 e. The third kappa shape index (κ3) is 6.90. The summed E-state index contributed by atoms with van der Waals surface area (Å²) in [6, 6.07) is -0.552. The zero-order chi connectivity index (χ0) is 11.7. The number of carboxylic acid groups (broad SMARTS) is 1. The van der Waals surface area contributed by atoms with E-state index < -0.39 is 12.0 Å². The first kappa shape index (κ1) is 13.9. The zero-order valence-electron chi connectivity index (χ0n) is 9.38. The first-order valence-corrected chi connectivity index (χ1v) is 5.34. The van der Waals surface area contributed by atoms with Crippen molar-refractivity contribution in [2.75, 3.05) is 13.1 Å². The monoisotopic (exact) mass is 216 g/mol. The van der Waals surface area contributed by atoms with Gasteiger partial charge in [0.15, 0.2) is 0 Å². The Hall–Kier alpha value is -1.10. The molecule has 0 aliphatic heterocycles. The molecule has 0 aromatic rings. The molecule has 0 bridgehead atoms. The molecule has 0 aromatic carbocycles. The molecule has 3 N–H and O–H groups in total. The number of carboxylic acids is 1. The second kappa shape index (κ2) is 8.23. The summed E-state index contributed by atoms with van der Waals surface area (Å²) in [5.41, 5.74) is 0. The van der Waals surface area contributed by atoms with Gasteiger partial charge in [-0.15, -0.1) is 0 Å². The Morgan fingerprint density at radius 2 is 1.93 bits per heavy atom. The van der Waals surface area contributed by atoms with E-state index in [1.807, 2.05) is 6.92 Å². The molecule has 0 spiro atoms. The Kier molecular flexibility index (Phi) is 7.62. The SMILES string of the molecule is CCCNC(=O)CCNC(CC)C(=O)O. The molecule has 0 heterocycles. The summed E-state index contributed by atoms with van der Waals surface area (Å²) >= 11 is 0. The Balaban J connectivity index is 3.59. The Bertz CT molecular complexity index is 207. The molecule has 5 heteroatoms. The quantitative estimate of drug-likeness (QED) is 0.547. The van der Waals surface area contributed by atoms with Crippen LogP contribution in [-0.4, -0.2) is 36.1 Å². The number of nitrogens with one attached hydrogen (secondary N) is 2. The predicted octanol–water partition coefficient (Wildman–Crippen LogP) is 0.355. The van der Waals surface area contributed by atoms with Crippen LogP contribution in [0.1, 0.15) is 33.1 Å². The van der Waals surface area contributed by atoms with Crippen molar-refractivity contribution < 1.29 is 14.7 Å². The normalized spacial score (nSPS) is 12.1. The minimum Gasteiger partial charge on any atom is -0.480 e. The van der Waals surface area contributed by atoms with E-state index in [2.05, 4.69) is 10.6 Å². The lowest BCUT2D eigenvalue weighted by Crippen LogP contribution is -2.38. The molecule has 1 unspecified atom stereocenters. The first-order chi connectivity index (χ1) is 7.11. The summed E-state index contributed by atoms with van der Waals surface area (Å²) in [6.45, 7) is 4.86. The van der Waals surface area contributed by atoms with E-state index in [0.29, 0.717) is 25.9 Å². The van der Waals surface area contributed by atoms with E-state index in [-0.39, 0.29) is 5.91 Å². The highest BCUT2D eigenvalue weighted by Gasteiger charge is 2.13. The van der Waals surface area contributed by atoms with Gasteiger partial charge in [-0.2, -0.15) is 0 Å². The maximum Gasteiger partial charge on any atom is 0.320 e. The van der Waals surface area contributed by atoms with Crippen LogP contribution in [0.5, 0.6) is 0 Å². The Morgan fingerprint density at radius 1 is 1.27 bits per heavy atom. The molecule has 1 atom stereocenters. The van der Waals surface area contributed by atoms with Crippen LogP contribution in [0, 0.1) is 0 Å². The lowest BCUT2D eigenvalue weighted by Gasteiger charge is -2.11. The third-order valence-electron chi connectivity index (χ3n) is 2.02. The third-order valence-corrected chi connectivity index (χ3v) is 2.02. The number of amides is 1. The fourth-order valence-corrected chi connectivity index (χ4v) is 1.12. The molecular weight excluding hydrogens is 196 g/mol. The van der Waals surface area contributed by atoms with Crippen molar-refractivity contribution in [3.05, 3.63) is 0 Å². The fourth-order valence-electron chi connectivity index (χ4n) is 1.12. The second-order valence-corrected chi connectivity index (χ2v) is 3.35. The molecule has 0 radical (unpaired) electrons. The summed E-state index contributed by atoms with van der Waals surface area (Å²) < 4.78 is 0. The molecule has 0 fully saturated rings. The van der Waals surface area contributed by atoms with Crippen molar-refractivity contribution in [3.8, 4) is 0 Å². The van der Waals surface area contributed by atoms with Gasteiger partial charge >= 0.3 is 5.97 Å². The average molecular weight is 216 g/mol. The van der Waals surface area contributed by atoms with Gasteiger partial charge in [0, 0.05) is 19.5 Å². The topological polar surface area (TPSA) is 78.4 Å². The van der Waals surface area contributed by atoms with Crippen LogP contribution in [0.25, 0.3) is 0 Å². The summed E-state index contributed by atoms with van der Waals surface area (Å²) in [6.07, 6.45) is 1.75. The van der Waals surface area contributed by atoms with E-state index in [4.69, 9.17) is 5.11 Å². The summed E-state index contributed by atoms with van der Waals surface area (Å²) in [5, 5.41) is 14.3. The maximum atomic E-state index is 11.1. The van der Waals surface area contributed by atoms with Crippen molar-refractivity contribution in [1.82, 2.24) is 10.6 Å². The van der Waals surface area contributed by atoms with E-state index >= 15 is 0 Å². The average Bonchev–Trinajstić information content (AvgIpc) is 2.20. The van der Waals surface area contributed by atoms with Crippen molar-refractivity contribution in [3.63, 3.8) is 0 Å². The van der Waals surface area contributed by atoms with E-state index in [1.165, 1.54) is 0 Å². The number of carbonyl (C=O) groups excluding carboxylic acids is 1. The lowest BCUT2D eigenvalue weighted by molar-refractivity contribution is -0.139.